The van der Waals surface area contributed by atoms with Gasteiger partial charge in [-0.2, -0.15) is 0 Å². The number of rotatable bonds is 18. The number of ether oxygens (including phenoxy) is 1. The number of hydrogen-bond acceptors (Lipinski definition) is 3. The number of amides is 1. The average molecular weight is 575 g/mol. The van der Waals surface area contributed by atoms with Gasteiger partial charge in [0.15, 0.2) is 16.6 Å². The molecule has 0 aliphatic heterocycles. The van der Waals surface area contributed by atoms with E-state index in [0.717, 1.165) is 29.1 Å². The average Bonchev–Trinajstić information content (AvgIpc) is 3.34. The number of carbonyl (C=O) groups excluding carboxylic acids is 1. The van der Waals surface area contributed by atoms with Crippen molar-refractivity contribution in [2.24, 2.45) is 7.05 Å². The number of anilines is 1. The molecule has 0 saturated heterocycles. The van der Waals surface area contributed by atoms with Crippen molar-refractivity contribution < 1.29 is 26.3 Å². The number of aromatic nitrogens is 1. The van der Waals surface area contributed by atoms with Gasteiger partial charge in [0, 0.05) is 24.7 Å². The molecule has 214 valence electrons. The Labute approximate surface area is 244 Å². The van der Waals surface area contributed by atoms with Crippen molar-refractivity contribution in [1.82, 2.24) is 4.57 Å². The second-order valence-electron chi connectivity index (χ2n) is 10.1. The van der Waals surface area contributed by atoms with Crippen LogP contribution in [0.25, 0.3) is 10.6 Å². The molecule has 1 amide bonds. The number of nitrogens with zero attached hydrogens (tertiary/aromatic N) is 1. The van der Waals surface area contributed by atoms with E-state index in [9.17, 15) is 9.18 Å². The van der Waals surface area contributed by atoms with E-state index in [-0.39, 0.29) is 30.5 Å². The summed E-state index contributed by atoms with van der Waals surface area (Å²) in [5, 5.41) is 6.10. The van der Waals surface area contributed by atoms with Crippen LogP contribution >= 0.6 is 11.3 Å². The van der Waals surface area contributed by atoms with Crippen LogP contribution < -0.4 is 22.5 Å². The van der Waals surface area contributed by atoms with E-state index in [1.165, 1.54) is 70.3 Å². The highest BCUT2D eigenvalue weighted by atomic mass is 35.5. The number of thiazole rings is 1. The van der Waals surface area contributed by atoms with Gasteiger partial charge in [-0.15, -0.1) is 0 Å². The minimum atomic E-state index is -0.415. The zero-order valence-corrected chi connectivity index (χ0v) is 25.1. The Morgan fingerprint density at radius 3 is 2.23 bits per heavy atom. The van der Waals surface area contributed by atoms with Crippen LogP contribution in [0.3, 0.4) is 0 Å². The Hall–Kier alpha value is -2.44. The molecule has 39 heavy (non-hydrogen) atoms. The Kier molecular flexibility index (Phi) is 15.8. The predicted molar refractivity (Wildman–Crippen MR) is 158 cm³/mol. The van der Waals surface area contributed by atoms with Crippen LogP contribution in [0.5, 0.6) is 5.75 Å². The van der Waals surface area contributed by atoms with Crippen molar-refractivity contribution in [3.8, 4) is 16.3 Å². The van der Waals surface area contributed by atoms with Gasteiger partial charge in [0.2, 0.25) is 5.91 Å². The van der Waals surface area contributed by atoms with E-state index in [0.29, 0.717) is 12.2 Å². The third kappa shape index (κ3) is 11.7. The smallest absolute Gasteiger partial charge is 0.229 e. The maximum Gasteiger partial charge on any atom is 0.229 e. The first-order valence-electron chi connectivity index (χ1n) is 14.3. The van der Waals surface area contributed by atoms with Crippen LogP contribution in [0, 0.1) is 5.82 Å². The van der Waals surface area contributed by atoms with Crippen LogP contribution in [0.4, 0.5) is 10.1 Å². The molecule has 0 aliphatic carbocycles. The van der Waals surface area contributed by atoms with Crippen LogP contribution in [-0.2, 0) is 18.3 Å². The van der Waals surface area contributed by atoms with Crippen LogP contribution in [-0.4, -0.2) is 17.1 Å². The number of hydrogen-bond donors (Lipinski definition) is 1. The highest BCUT2D eigenvalue weighted by Crippen LogP contribution is 2.27. The summed E-state index contributed by atoms with van der Waals surface area (Å²) in [4.78, 5) is 12.8. The van der Waals surface area contributed by atoms with Gasteiger partial charge in [0.05, 0.1) is 24.1 Å². The van der Waals surface area contributed by atoms with E-state index in [1.54, 1.807) is 23.5 Å². The summed E-state index contributed by atoms with van der Waals surface area (Å²) in [6, 6.07) is 12.6. The predicted octanol–water partition coefficient (Wildman–Crippen LogP) is 6.44. The third-order valence-electron chi connectivity index (χ3n) is 6.82. The monoisotopic (exact) mass is 574 g/mol. The van der Waals surface area contributed by atoms with Gasteiger partial charge in [0.1, 0.15) is 11.8 Å². The van der Waals surface area contributed by atoms with E-state index < -0.39 is 5.82 Å². The number of carbonyl (C=O) groups is 1. The van der Waals surface area contributed by atoms with Gasteiger partial charge < -0.3 is 22.5 Å². The number of benzene rings is 2. The molecule has 0 unspecified atom stereocenters. The number of halogens is 2. The molecule has 0 radical (unpaired) electrons. The van der Waals surface area contributed by atoms with Crippen molar-refractivity contribution in [2.75, 3.05) is 11.9 Å². The summed E-state index contributed by atoms with van der Waals surface area (Å²) in [6.07, 6.45) is 17.3. The fraction of sp³-hybridized carbons (Fsp3) is 0.500. The Morgan fingerprint density at radius 1 is 0.949 bits per heavy atom. The highest BCUT2D eigenvalue weighted by molar-refractivity contribution is 7.13. The maximum atomic E-state index is 14.6. The van der Waals surface area contributed by atoms with Gasteiger partial charge in [-0.25, -0.2) is 4.39 Å². The molecule has 0 aliphatic rings. The quantitative estimate of drug-likeness (QED) is 0.140. The largest absolute Gasteiger partial charge is 1.00 e. The second kappa shape index (κ2) is 18.8. The molecule has 0 atom stereocenters. The number of para-hydroxylation sites is 1. The lowest BCUT2D eigenvalue weighted by atomic mass is 10.1. The van der Waals surface area contributed by atoms with Crippen molar-refractivity contribution in [2.45, 2.75) is 90.4 Å². The van der Waals surface area contributed by atoms with Gasteiger partial charge in [0.25, 0.3) is 0 Å². The van der Waals surface area contributed by atoms with E-state index >= 15 is 0 Å². The maximum absolute atomic E-state index is 14.6. The van der Waals surface area contributed by atoms with Gasteiger partial charge in [-0.1, -0.05) is 89.7 Å². The molecular formula is C32H44ClFN2O2S. The summed E-state index contributed by atoms with van der Waals surface area (Å²) < 4.78 is 22.5. The van der Waals surface area contributed by atoms with Gasteiger partial charge in [-0.3, -0.25) is 9.36 Å². The van der Waals surface area contributed by atoms with Gasteiger partial charge in [-0.05, 0) is 36.0 Å². The van der Waals surface area contributed by atoms with Gasteiger partial charge >= 0.3 is 0 Å². The normalized spacial score (nSPS) is 10.7. The van der Waals surface area contributed by atoms with E-state index in [2.05, 4.69) is 16.8 Å². The molecule has 7 heteroatoms. The first-order chi connectivity index (χ1) is 18.6. The molecule has 3 aromatic rings. The first-order valence-corrected chi connectivity index (χ1v) is 15.2. The molecular weight excluding hydrogens is 531 g/mol. The lowest BCUT2D eigenvalue weighted by Crippen LogP contribution is -3.00. The fourth-order valence-corrected chi connectivity index (χ4v) is 5.55. The van der Waals surface area contributed by atoms with Crippen LogP contribution in [0.1, 0.15) is 89.5 Å². The van der Waals surface area contributed by atoms with E-state index in [4.69, 9.17) is 4.74 Å². The number of nitrogens with one attached hydrogen (secondary N) is 1. The first kappa shape index (κ1) is 32.8. The molecule has 1 aromatic heterocycles. The lowest BCUT2D eigenvalue weighted by Gasteiger charge is -2.13. The molecule has 0 bridgehead atoms. The fourth-order valence-electron chi connectivity index (χ4n) is 4.69. The second-order valence-corrected chi connectivity index (χ2v) is 11.0. The summed E-state index contributed by atoms with van der Waals surface area (Å²) in [6.45, 7) is 2.72. The van der Waals surface area contributed by atoms with Crippen molar-refractivity contribution in [3.05, 3.63) is 65.4 Å². The van der Waals surface area contributed by atoms with Crippen LogP contribution in [0.15, 0.2) is 54.0 Å². The third-order valence-corrected chi connectivity index (χ3v) is 7.83. The van der Waals surface area contributed by atoms with E-state index in [1.807, 2.05) is 42.9 Å². The minimum absolute atomic E-state index is 0. The summed E-state index contributed by atoms with van der Waals surface area (Å²) >= 11 is 1.65. The Bertz CT molecular complexity index is 1120. The molecule has 0 fully saturated rings. The topological polar surface area (TPSA) is 43.3 Å². The molecule has 1 heterocycles. The molecule has 1 N–H and O–H groups in total. The Morgan fingerprint density at radius 2 is 1.59 bits per heavy atom. The van der Waals surface area contributed by atoms with Crippen LogP contribution in [0.2, 0.25) is 0 Å². The summed E-state index contributed by atoms with van der Waals surface area (Å²) in [7, 11) is 2.00. The van der Waals surface area contributed by atoms with Crippen molar-refractivity contribution in [1.29, 1.82) is 0 Å². The standard InChI is InChI=1S/C32H43FN2O2S.ClH/c1-3-4-5-6-7-8-9-10-11-12-13-14-22-37-31-26(17-16-20-29(31)33)25-30(36)34-28-19-15-18-27(24-28)32-35(2)21-23-38-32;/h15-21,23-24H,3-14,22,25H2,1-2H3;1H. The Balaban J connectivity index is 0.00000533. The number of aryl methyl sites for hydroxylation is 1. The summed E-state index contributed by atoms with van der Waals surface area (Å²) in [5.74, 6) is -0.412. The zero-order valence-electron chi connectivity index (χ0n) is 23.5. The molecule has 0 saturated carbocycles. The molecule has 3 rings (SSSR count). The van der Waals surface area contributed by atoms with Crippen molar-refractivity contribution in [3.63, 3.8) is 0 Å². The SMILES string of the molecule is CCCCCCCCCCCCCCOc1c(F)cccc1CC(=O)Nc1cccc(-[c+]2sccn2C)c1.[Cl-]. The minimum Gasteiger partial charge on any atom is -1.00 e. The molecule has 4 nitrogen and oxygen atoms in total. The zero-order chi connectivity index (χ0) is 27.0. The lowest BCUT2D eigenvalue weighted by molar-refractivity contribution is -0.115. The molecule has 0 spiro atoms. The highest BCUT2D eigenvalue weighted by Gasteiger charge is 2.15. The van der Waals surface area contributed by atoms with Crippen molar-refractivity contribution >= 4 is 22.9 Å². The summed E-state index contributed by atoms with van der Waals surface area (Å²) in [5.41, 5.74) is 2.33. The molecule has 2 aromatic carbocycles. The number of unbranched alkanes of at least 4 members (excludes halogenated alkanes) is 11.